The molecular weight excluding hydrogens is 334 g/mol. The minimum Gasteiger partial charge on any atom is -0.444 e. The van der Waals surface area contributed by atoms with Crippen molar-refractivity contribution in [2.75, 3.05) is 17.2 Å². The summed E-state index contributed by atoms with van der Waals surface area (Å²) >= 11 is 0. The molecule has 0 atom stereocenters. The summed E-state index contributed by atoms with van der Waals surface area (Å²) in [6.07, 6.45) is 3.92. The highest BCUT2D eigenvalue weighted by Crippen LogP contribution is 2.32. The zero-order valence-corrected chi connectivity index (χ0v) is 15.1. The molecular formula is C20H22ClN3O. The van der Waals surface area contributed by atoms with Gasteiger partial charge in [-0.05, 0) is 49.6 Å². The van der Waals surface area contributed by atoms with Crippen LogP contribution in [-0.2, 0) is 13.0 Å². The predicted molar refractivity (Wildman–Crippen MR) is 104 cm³/mol. The molecule has 0 bridgehead atoms. The van der Waals surface area contributed by atoms with E-state index in [1.54, 1.807) is 6.26 Å². The number of oxazole rings is 1. The highest BCUT2D eigenvalue weighted by atomic mass is 35.5. The van der Waals surface area contributed by atoms with Crippen LogP contribution in [0.4, 0.5) is 11.4 Å². The van der Waals surface area contributed by atoms with E-state index in [1.165, 1.54) is 16.8 Å². The molecule has 4 rings (SSSR count). The van der Waals surface area contributed by atoms with Gasteiger partial charge in [0.05, 0.1) is 12.2 Å². The Morgan fingerprint density at radius 1 is 1.16 bits per heavy atom. The van der Waals surface area contributed by atoms with Gasteiger partial charge in [-0.1, -0.05) is 23.8 Å². The molecule has 1 aliphatic rings. The topological polar surface area (TPSA) is 55.3 Å². The van der Waals surface area contributed by atoms with Crippen molar-refractivity contribution >= 4 is 23.8 Å². The predicted octanol–water partition coefficient (Wildman–Crippen LogP) is 4.61. The van der Waals surface area contributed by atoms with Gasteiger partial charge in [0.25, 0.3) is 0 Å². The van der Waals surface area contributed by atoms with Crippen LogP contribution in [0.3, 0.4) is 0 Å². The minimum absolute atomic E-state index is 0. The van der Waals surface area contributed by atoms with Gasteiger partial charge in [-0.25, -0.2) is 4.98 Å². The molecule has 0 fully saturated rings. The molecule has 0 saturated heterocycles. The maximum absolute atomic E-state index is 6.13. The minimum atomic E-state index is 0. The number of fused-ring (bicyclic) bond motifs is 1. The fourth-order valence-corrected chi connectivity index (χ4v) is 3.30. The fourth-order valence-electron chi connectivity index (χ4n) is 3.30. The van der Waals surface area contributed by atoms with Gasteiger partial charge in [0.1, 0.15) is 6.26 Å². The van der Waals surface area contributed by atoms with E-state index in [4.69, 9.17) is 10.2 Å². The summed E-state index contributed by atoms with van der Waals surface area (Å²) in [5, 5.41) is 0. The second kappa shape index (κ2) is 7.19. The number of aromatic nitrogens is 1. The normalized spacial score (nSPS) is 13.2. The highest BCUT2D eigenvalue weighted by molar-refractivity contribution is 5.85. The quantitative estimate of drug-likeness (QED) is 0.697. The van der Waals surface area contributed by atoms with Crippen LogP contribution in [0.1, 0.15) is 23.2 Å². The number of halogens is 1. The largest absolute Gasteiger partial charge is 0.444 e. The van der Waals surface area contributed by atoms with Crippen molar-refractivity contribution in [1.82, 2.24) is 4.98 Å². The van der Waals surface area contributed by atoms with Gasteiger partial charge >= 0.3 is 0 Å². The number of nitrogen functional groups attached to an aromatic ring is 1. The number of nitrogens with two attached hydrogens (primary N) is 1. The zero-order chi connectivity index (χ0) is 16.5. The number of hydrogen-bond acceptors (Lipinski definition) is 4. The Kier molecular flexibility index (Phi) is 5.00. The second-order valence-corrected chi connectivity index (χ2v) is 6.38. The monoisotopic (exact) mass is 355 g/mol. The third-order valence-corrected chi connectivity index (χ3v) is 4.59. The summed E-state index contributed by atoms with van der Waals surface area (Å²) in [6.45, 7) is 3.83. The Labute approximate surface area is 154 Å². The summed E-state index contributed by atoms with van der Waals surface area (Å²) < 4.78 is 5.68. The molecule has 0 aliphatic carbocycles. The van der Waals surface area contributed by atoms with E-state index in [2.05, 4.69) is 35.0 Å². The number of rotatable bonds is 3. The van der Waals surface area contributed by atoms with E-state index >= 15 is 0 Å². The van der Waals surface area contributed by atoms with Crippen LogP contribution in [0.15, 0.2) is 53.1 Å². The summed E-state index contributed by atoms with van der Waals surface area (Å²) in [5.41, 5.74) is 12.7. The molecule has 0 amide bonds. The average Bonchev–Trinajstić information content (AvgIpc) is 3.05. The molecule has 3 aromatic rings. The van der Waals surface area contributed by atoms with Crippen molar-refractivity contribution in [3.05, 3.63) is 65.5 Å². The van der Waals surface area contributed by atoms with Crippen molar-refractivity contribution in [3.63, 3.8) is 0 Å². The van der Waals surface area contributed by atoms with Crippen LogP contribution < -0.4 is 10.6 Å². The molecule has 1 aromatic heterocycles. The number of hydrogen-bond donors (Lipinski definition) is 1. The van der Waals surface area contributed by atoms with Gasteiger partial charge in [0.2, 0.25) is 5.89 Å². The fraction of sp³-hybridized carbons (Fsp3) is 0.250. The molecule has 2 N–H and O–H groups in total. The molecule has 0 radical (unpaired) electrons. The number of anilines is 2. The maximum Gasteiger partial charge on any atom is 0.226 e. The van der Waals surface area contributed by atoms with Crippen molar-refractivity contribution < 1.29 is 4.42 Å². The van der Waals surface area contributed by atoms with E-state index in [9.17, 15) is 0 Å². The lowest BCUT2D eigenvalue weighted by Gasteiger charge is -2.31. The van der Waals surface area contributed by atoms with Gasteiger partial charge < -0.3 is 15.1 Å². The van der Waals surface area contributed by atoms with Crippen LogP contribution in [0.5, 0.6) is 0 Å². The number of aryl methyl sites for hydroxylation is 1. The molecule has 2 heterocycles. The Morgan fingerprint density at radius 3 is 2.76 bits per heavy atom. The molecule has 25 heavy (non-hydrogen) atoms. The van der Waals surface area contributed by atoms with E-state index in [-0.39, 0.29) is 12.4 Å². The Balaban J connectivity index is 0.00000182. The lowest BCUT2D eigenvalue weighted by Crippen LogP contribution is -2.29. The molecule has 0 unspecified atom stereocenters. The molecule has 2 aromatic carbocycles. The molecule has 0 saturated carbocycles. The molecule has 130 valence electrons. The van der Waals surface area contributed by atoms with Gasteiger partial charge in [0, 0.05) is 23.5 Å². The van der Waals surface area contributed by atoms with Gasteiger partial charge in [-0.15, -0.1) is 12.4 Å². The number of nitrogens with zero attached hydrogens (tertiary/aromatic N) is 2. The van der Waals surface area contributed by atoms with Crippen LogP contribution in [0.25, 0.3) is 11.5 Å². The van der Waals surface area contributed by atoms with Gasteiger partial charge in [-0.3, -0.25) is 0 Å². The first kappa shape index (κ1) is 17.4. The van der Waals surface area contributed by atoms with E-state index in [0.29, 0.717) is 5.89 Å². The van der Waals surface area contributed by atoms with Crippen LogP contribution in [0.2, 0.25) is 0 Å². The molecule has 1 aliphatic heterocycles. The van der Waals surface area contributed by atoms with E-state index in [1.807, 2.05) is 24.3 Å². The zero-order valence-electron chi connectivity index (χ0n) is 14.2. The van der Waals surface area contributed by atoms with E-state index in [0.717, 1.165) is 42.9 Å². The first-order valence-corrected chi connectivity index (χ1v) is 8.34. The first-order chi connectivity index (χ1) is 11.7. The third kappa shape index (κ3) is 3.49. The average molecular weight is 356 g/mol. The highest BCUT2D eigenvalue weighted by Gasteiger charge is 2.20. The van der Waals surface area contributed by atoms with Crippen molar-refractivity contribution in [2.24, 2.45) is 0 Å². The van der Waals surface area contributed by atoms with Crippen molar-refractivity contribution in [3.8, 4) is 11.5 Å². The standard InChI is InChI=1S/C20H21N3O.ClH/c1-14-7-9-15(10-8-14)20-22-16(13-24-20)12-23-11-3-4-17-18(21)5-2-6-19(17)23;/h2,5-10,13H,3-4,11-12,21H2,1H3;1H. The third-order valence-electron chi connectivity index (χ3n) is 4.59. The van der Waals surface area contributed by atoms with Gasteiger partial charge in [-0.2, -0.15) is 0 Å². The molecule has 4 nitrogen and oxygen atoms in total. The van der Waals surface area contributed by atoms with Crippen molar-refractivity contribution in [2.45, 2.75) is 26.3 Å². The van der Waals surface area contributed by atoms with Crippen molar-refractivity contribution in [1.29, 1.82) is 0 Å². The van der Waals surface area contributed by atoms with E-state index < -0.39 is 0 Å². The SMILES string of the molecule is Cc1ccc(-c2nc(CN3CCCc4c(N)cccc43)co2)cc1.Cl. The summed E-state index contributed by atoms with van der Waals surface area (Å²) in [6, 6.07) is 14.4. The summed E-state index contributed by atoms with van der Waals surface area (Å²) in [4.78, 5) is 7.00. The first-order valence-electron chi connectivity index (χ1n) is 8.34. The molecule has 5 heteroatoms. The maximum atomic E-state index is 6.13. The Morgan fingerprint density at radius 2 is 1.96 bits per heavy atom. The lowest BCUT2D eigenvalue weighted by atomic mass is 10.00. The Bertz CT molecular complexity index is 858. The lowest BCUT2D eigenvalue weighted by molar-refractivity contribution is 0.571. The van der Waals surface area contributed by atoms with Crippen LogP contribution in [0, 0.1) is 6.92 Å². The van der Waals surface area contributed by atoms with Gasteiger partial charge in [0.15, 0.2) is 0 Å². The Hall–Kier alpha value is -2.46. The number of benzene rings is 2. The summed E-state index contributed by atoms with van der Waals surface area (Å²) in [5.74, 6) is 0.676. The smallest absolute Gasteiger partial charge is 0.226 e. The van der Waals surface area contributed by atoms with Crippen LogP contribution in [-0.4, -0.2) is 11.5 Å². The van der Waals surface area contributed by atoms with Crippen LogP contribution >= 0.6 is 12.4 Å². The second-order valence-electron chi connectivity index (χ2n) is 6.38. The summed E-state index contributed by atoms with van der Waals surface area (Å²) in [7, 11) is 0. The molecule has 0 spiro atoms.